The molecular weight excluding hydrogens is 394 g/mol. The summed E-state index contributed by atoms with van der Waals surface area (Å²) >= 11 is 0. The Morgan fingerprint density at radius 2 is 1.62 bits per heavy atom. The Morgan fingerprint density at radius 3 is 2.19 bits per heavy atom. The minimum Gasteiger partial charge on any atom is -0.480 e. The minimum absolute atomic E-state index is 0.224. The lowest BCUT2D eigenvalue weighted by molar-refractivity contribution is -0.149. The van der Waals surface area contributed by atoms with E-state index in [1.807, 2.05) is 12.1 Å². The summed E-state index contributed by atoms with van der Waals surface area (Å²) in [7, 11) is 0. The number of carboxylic acid groups (broad SMARTS) is 1. The first-order valence-corrected chi connectivity index (χ1v) is 12.4. The normalized spacial score (nSPS) is 22.9. The van der Waals surface area contributed by atoms with Crippen LogP contribution in [0.1, 0.15) is 88.7 Å². The van der Waals surface area contributed by atoms with Gasteiger partial charge in [-0.2, -0.15) is 5.26 Å². The van der Waals surface area contributed by atoms with Gasteiger partial charge in [0.25, 0.3) is 0 Å². The maximum Gasteiger partial charge on any atom is 0.324 e. The van der Waals surface area contributed by atoms with Gasteiger partial charge in [0.2, 0.25) is 0 Å². The Bertz CT molecular complexity index is 910. The van der Waals surface area contributed by atoms with Gasteiger partial charge in [0, 0.05) is 5.92 Å². The molecule has 3 rings (SSSR count). The minimum atomic E-state index is -1.32. The van der Waals surface area contributed by atoms with Crippen molar-refractivity contribution < 1.29 is 9.90 Å². The van der Waals surface area contributed by atoms with Crippen molar-refractivity contribution >= 4 is 5.97 Å². The van der Waals surface area contributed by atoms with Crippen LogP contribution < -0.4 is 0 Å². The van der Waals surface area contributed by atoms with Gasteiger partial charge in [0.05, 0.1) is 6.07 Å². The molecule has 1 fully saturated rings. The number of nitrogens with zero attached hydrogens (tertiary/aromatic N) is 1. The fraction of sp³-hybridized carbons (Fsp3) is 0.517. The predicted molar refractivity (Wildman–Crippen MR) is 130 cm³/mol. The Hall–Kier alpha value is -2.60. The lowest BCUT2D eigenvalue weighted by Gasteiger charge is -2.41. The van der Waals surface area contributed by atoms with E-state index in [9.17, 15) is 15.2 Å². The fourth-order valence-corrected chi connectivity index (χ4v) is 5.46. The van der Waals surface area contributed by atoms with Crippen molar-refractivity contribution in [3.63, 3.8) is 0 Å². The van der Waals surface area contributed by atoms with E-state index in [-0.39, 0.29) is 11.8 Å². The highest BCUT2D eigenvalue weighted by molar-refractivity contribution is 5.80. The summed E-state index contributed by atoms with van der Waals surface area (Å²) < 4.78 is 0. The first-order chi connectivity index (χ1) is 15.6. The number of unbranched alkanes of at least 4 members (excludes halogenated alkanes) is 4. The molecule has 3 nitrogen and oxygen atoms in total. The molecule has 1 N–H and O–H groups in total. The zero-order chi connectivity index (χ0) is 23.0. The molecule has 1 aliphatic carbocycles. The number of aryl methyl sites for hydroxylation is 1. The van der Waals surface area contributed by atoms with Gasteiger partial charge in [-0.15, -0.1) is 0 Å². The molecule has 1 aliphatic rings. The third kappa shape index (κ3) is 5.23. The Balaban J connectivity index is 1.75. The summed E-state index contributed by atoms with van der Waals surface area (Å²) in [5.41, 5.74) is 3.35. The molecule has 2 aromatic carbocycles. The second-order valence-electron chi connectivity index (χ2n) is 9.41. The Labute approximate surface area is 193 Å². The molecule has 0 amide bonds. The highest BCUT2D eigenvalue weighted by Crippen LogP contribution is 2.51. The quantitative estimate of drug-likeness (QED) is 0.391. The van der Waals surface area contributed by atoms with Crippen molar-refractivity contribution in [1.82, 2.24) is 0 Å². The third-order valence-corrected chi connectivity index (χ3v) is 7.38. The van der Waals surface area contributed by atoms with Crippen molar-refractivity contribution in [2.45, 2.75) is 84.0 Å². The van der Waals surface area contributed by atoms with Gasteiger partial charge < -0.3 is 5.11 Å². The Kier molecular flexibility index (Phi) is 8.51. The van der Waals surface area contributed by atoms with Crippen LogP contribution in [0, 0.1) is 22.7 Å². The number of carboxylic acids is 1. The lowest BCUT2D eigenvalue weighted by atomic mass is 9.59. The van der Waals surface area contributed by atoms with E-state index in [4.69, 9.17) is 0 Å². The number of benzene rings is 2. The molecule has 3 heteroatoms. The number of aliphatic carboxylic acids is 1. The average molecular weight is 432 g/mol. The number of nitriles is 1. The zero-order valence-electron chi connectivity index (χ0n) is 19.6. The van der Waals surface area contributed by atoms with Crippen molar-refractivity contribution in [2.75, 3.05) is 0 Å². The van der Waals surface area contributed by atoms with Crippen molar-refractivity contribution in [3.8, 4) is 17.2 Å². The third-order valence-electron chi connectivity index (χ3n) is 7.38. The summed E-state index contributed by atoms with van der Waals surface area (Å²) in [5.74, 6) is -1.01. The van der Waals surface area contributed by atoms with E-state index in [1.54, 1.807) is 0 Å². The summed E-state index contributed by atoms with van der Waals surface area (Å²) in [4.78, 5) is 12.2. The van der Waals surface area contributed by atoms with Gasteiger partial charge in [0.15, 0.2) is 5.41 Å². The van der Waals surface area contributed by atoms with Gasteiger partial charge in [-0.3, -0.25) is 4.79 Å². The first kappa shape index (κ1) is 24.1. The van der Waals surface area contributed by atoms with Crippen molar-refractivity contribution in [1.29, 1.82) is 5.26 Å². The number of rotatable bonds is 10. The van der Waals surface area contributed by atoms with Crippen LogP contribution in [-0.2, 0) is 11.2 Å². The molecule has 3 unspecified atom stereocenters. The predicted octanol–water partition coefficient (Wildman–Crippen LogP) is 7.75. The standard InChI is InChI=1S/C29H37NO2/c1-3-5-6-7-8-10-22-12-14-24(15-13-22)25-16-18-26(19-17-25)27-23(4-2)11-9-20-29(27,21-30)28(31)32/h12-19,23,27H,3-11,20H2,1-2H3,(H,31,32). The van der Waals surface area contributed by atoms with Crippen LogP contribution in [0.2, 0.25) is 0 Å². The zero-order valence-corrected chi connectivity index (χ0v) is 19.6. The molecular formula is C29H37NO2. The highest BCUT2D eigenvalue weighted by atomic mass is 16.4. The fourth-order valence-electron chi connectivity index (χ4n) is 5.46. The van der Waals surface area contributed by atoms with E-state index < -0.39 is 11.4 Å². The smallest absolute Gasteiger partial charge is 0.324 e. The van der Waals surface area contributed by atoms with E-state index in [0.717, 1.165) is 36.8 Å². The highest BCUT2D eigenvalue weighted by Gasteiger charge is 2.52. The second-order valence-corrected chi connectivity index (χ2v) is 9.41. The van der Waals surface area contributed by atoms with Crippen LogP contribution in [0.15, 0.2) is 48.5 Å². The largest absolute Gasteiger partial charge is 0.480 e. The summed E-state index contributed by atoms with van der Waals surface area (Å²) in [6, 6.07) is 19.3. The maximum absolute atomic E-state index is 12.2. The number of carbonyl (C=O) groups is 1. The molecule has 170 valence electrons. The van der Waals surface area contributed by atoms with Crippen molar-refractivity contribution in [2.24, 2.45) is 11.3 Å². The molecule has 0 bridgehead atoms. The molecule has 0 heterocycles. The van der Waals surface area contributed by atoms with Gasteiger partial charge in [-0.25, -0.2) is 0 Å². The number of hydrogen-bond acceptors (Lipinski definition) is 2. The SMILES string of the molecule is CCCCCCCc1ccc(-c2ccc(C3C(CC)CCCC3(C#N)C(=O)O)cc2)cc1. The van der Waals surface area contributed by atoms with Crippen LogP contribution in [0.25, 0.3) is 11.1 Å². The van der Waals surface area contributed by atoms with Crippen LogP contribution in [0.4, 0.5) is 0 Å². The van der Waals surface area contributed by atoms with Gasteiger partial charge in [0.1, 0.15) is 0 Å². The van der Waals surface area contributed by atoms with Crippen molar-refractivity contribution in [3.05, 3.63) is 59.7 Å². The van der Waals surface area contributed by atoms with Gasteiger partial charge in [-0.05, 0) is 53.9 Å². The Morgan fingerprint density at radius 1 is 1.00 bits per heavy atom. The van der Waals surface area contributed by atoms with E-state index in [1.165, 1.54) is 43.2 Å². The van der Waals surface area contributed by atoms with Gasteiger partial charge >= 0.3 is 5.97 Å². The molecule has 0 spiro atoms. The van der Waals surface area contributed by atoms with Gasteiger partial charge in [-0.1, -0.05) is 101 Å². The molecule has 3 atom stereocenters. The summed E-state index contributed by atoms with van der Waals surface area (Å²) in [6.07, 6.45) is 10.7. The molecule has 0 radical (unpaired) electrons. The molecule has 0 aromatic heterocycles. The second kappa shape index (κ2) is 11.3. The first-order valence-electron chi connectivity index (χ1n) is 12.4. The summed E-state index contributed by atoms with van der Waals surface area (Å²) in [5, 5.41) is 19.9. The topological polar surface area (TPSA) is 61.1 Å². The van der Waals surface area contributed by atoms with Crippen LogP contribution in [0.3, 0.4) is 0 Å². The van der Waals surface area contributed by atoms with E-state index in [0.29, 0.717) is 6.42 Å². The molecule has 0 saturated heterocycles. The lowest BCUT2D eigenvalue weighted by Crippen LogP contribution is -2.42. The van der Waals surface area contributed by atoms with Crippen LogP contribution >= 0.6 is 0 Å². The van der Waals surface area contributed by atoms with Crippen LogP contribution in [0.5, 0.6) is 0 Å². The number of hydrogen-bond donors (Lipinski definition) is 1. The van der Waals surface area contributed by atoms with E-state index >= 15 is 0 Å². The monoisotopic (exact) mass is 431 g/mol. The molecule has 2 aromatic rings. The van der Waals surface area contributed by atoms with Crippen LogP contribution in [-0.4, -0.2) is 11.1 Å². The maximum atomic E-state index is 12.2. The molecule has 0 aliphatic heterocycles. The average Bonchev–Trinajstić information content (AvgIpc) is 2.83. The molecule has 1 saturated carbocycles. The summed E-state index contributed by atoms with van der Waals surface area (Å²) in [6.45, 7) is 4.35. The molecule has 32 heavy (non-hydrogen) atoms. The van der Waals surface area contributed by atoms with E-state index in [2.05, 4.69) is 56.3 Å².